The predicted octanol–water partition coefficient (Wildman–Crippen LogP) is 1.50. The number of nitrogens with zero attached hydrogens (tertiary/aromatic N) is 1. The number of ether oxygens (including phenoxy) is 1. The molecule has 0 amide bonds. The van der Waals surface area contributed by atoms with E-state index in [1.807, 2.05) is 0 Å². The van der Waals surface area contributed by atoms with Crippen molar-refractivity contribution in [2.24, 2.45) is 0 Å². The SMILES string of the molecule is O=Cc1ncc(O)cc1OC(F)(F)F. The van der Waals surface area contributed by atoms with Crippen LogP contribution in [0.2, 0.25) is 0 Å². The van der Waals surface area contributed by atoms with Crippen LogP contribution in [0.25, 0.3) is 0 Å². The van der Waals surface area contributed by atoms with Gasteiger partial charge in [-0.1, -0.05) is 0 Å². The highest BCUT2D eigenvalue weighted by molar-refractivity contribution is 5.76. The molecule has 4 nitrogen and oxygen atoms in total. The molecule has 0 aliphatic carbocycles. The summed E-state index contributed by atoms with van der Waals surface area (Å²) < 4.78 is 38.7. The molecule has 0 saturated heterocycles. The van der Waals surface area contributed by atoms with Crippen molar-refractivity contribution in [2.75, 3.05) is 0 Å². The third-order valence-electron chi connectivity index (χ3n) is 1.20. The number of aldehydes is 1. The van der Waals surface area contributed by atoms with Crippen molar-refractivity contribution < 1.29 is 27.8 Å². The summed E-state index contributed by atoms with van der Waals surface area (Å²) in [5.74, 6) is -1.35. The van der Waals surface area contributed by atoms with Crippen LogP contribution in [0.4, 0.5) is 13.2 Å². The average molecular weight is 207 g/mol. The maximum absolute atomic E-state index is 11.7. The molecule has 0 unspecified atom stereocenters. The van der Waals surface area contributed by atoms with Gasteiger partial charge in [0.25, 0.3) is 0 Å². The fourth-order valence-electron chi connectivity index (χ4n) is 0.740. The lowest BCUT2D eigenvalue weighted by Gasteiger charge is -2.09. The molecular formula is C7H4F3NO3. The van der Waals surface area contributed by atoms with Gasteiger partial charge in [-0.05, 0) is 0 Å². The van der Waals surface area contributed by atoms with Gasteiger partial charge in [0.15, 0.2) is 12.0 Å². The highest BCUT2D eigenvalue weighted by atomic mass is 19.4. The van der Waals surface area contributed by atoms with E-state index in [4.69, 9.17) is 5.11 Å². The molecule has 1 heterocycles. The molecule has 76 valence electrons. The number of alkyl halides is 3. The van der Waals surface area contributed by atoms with Gasteiger partial charge in [-0.3, -0.25) is 4.79 Å². The first-order chi connectivity index (χ1) is 6.42. The summed E-state index contributed by atoms with van der Waals surface area (Å²) in [6.07, 6.45) is -3.99. The maximum Gasteiger partial charge on any atom is 0.573 e. The number of hydrogen-bond donors (Lipinski definition) is 1. The van der Waals surface area contributed by atoms with Gasteiger partial charge in [0, 0.05) is 6.07 Å². The van der Waals surface area contributed by atoms with Crippen molar-refractivity contribution >= 4 is 6.29 Å². The third kappa shape index (κ3) is 2.61. The molecule has 0 aliphatic heterocycles. The van der Waals surface area contributed by atoms with E-state index in [0.29, 0.717) is 6.07 Å². The quantitative estimate of drug-likeness (QED) is 0.746. The minimum absolute atomic E-state index is 0.0977. The molecule has 14 heavy (non-hydrogen) atoms. The molecule has 0 spiro atoms. The van der Waals surface area contributed by atoms with Gasteiger partial charge >= 0.3 is 6.36 Å². The molecule has 0 fully saturated rings. The molecule has 0 atom stereocenters. The first-order valence-electron chi connectivity index (χ1n) is 3.32. The third-order valence-corrected chi connectivity index (χ3v) is 1.20. The van der Waals surface area contributed by atoms with Crippen molar-refractivity contribution in [2.45, 2.75) is 6.36 Å². The van der Waals surface area contributed by atoms with E-state index >= 15 is 0 Å². The van der Waals surface area contributed by atoms with Gasteiger partial charge in [-0.25, -0.2) is 4.98 Å². The van der Waals surface area contributed by atoms with Crippen molar-refractivity contribution in [3.63, 3.8) is 0 Å². The van der Waals surface area contributed by atoms with Gasteiger partial charge in [0.1, 0.15) is 11.4 Å². The first kappa shape index (κ1) is 10.3. The summed E-state index contributed by atoms with van der Waals surface area (Å²) in [4.78, 5) is 13.5. The molecule has 1 aromatic heterocycles. The van der Waals surface area contributed by atoms with Gasteiger partial charge < -0.3 is 9.84 Å². The number of halogens is 3. The zero-order valence-corrected chi connectivity index (χ0v) is 6.58. The Kier molecular flexibility index (Phi) is 2.59. The number of aromatic hydroxyl groups is 1. The summed E-state index contributed by atoms with van der Waals surface area (Å²) in [7, 11) is 0. The number of carbonyl (C=O) groups is 1. The number of rotatable bonds is 2. The molecule has 0 radical (unpaired) electrons. The minimum Gasteiger partial charge on any atom is -0.506 e. The molecule has 7 heteroatoms. The highest BCUT2D eigenvalue weighted by Crippen LogP contribution is 2.26. The summed E-state index contributed by atoms with van der Waals surface area (Å²) in [6, 6.07) is 0.657. The lowest BCUT2D eigenvalue weighted by molar-refractivity contribution is -0.274. The van der Waals surface area contributed by atoms with Crippen LogP contribution in [0.5, 0.6) is 11.5 Å². The highest BCUT2D eigenvalue weighted by Gasteiger charge is 2.32. The molecule has 1 rings (SSSR count). The number of hydrogen-bond acceptors (Lipinski definition) is 4. The van der Waals surface area contributed by atoms with Crippen LogP contribution in [0.15, 0.2) is 12.3 Å². The second-order valence-corrected chi connectivity index (χ2v) is 2.24. The number of pyridine rings is 1. The van der Waals surface area contributed by atoms with Gasteiger partial charge in [-0.15, -0.1) is 13.2 Å². The Morgan fingerprint density at radius 2 is 2.14 bits per heavy atom. The topological polar surface area (TPSA) is 59.4 Å². The normalized spacial score (nSPS) is 11.1. The summed E-state index contributed by atoms with van der Waals surface area (Å²) in [5.41, 5.74) is -0.528. The molecule has 0 aliphatic rings. The fourth-order valence-corrected chi connectivity index (χ4v) is 0.740. The Hall–Kier alpha value is -1.79. The van der Waals surface area contributed by atoms with E-state index in [2.05, 4.69) is 9.72 Å². The Labute approximate surface area is 75.9 Å². The van der Waals surface area contributed by atoms with Crippen molar-refractivity contribution in [3.8, 4) is 11.5 Å². The van der Waals surface area contributed by atoms with Crippen LogP contribution in [-0.4, -0.2) is 22.7 Å². The molecular weight excluding hydrogens is 203 g/mol. The average Bonchev–Trinajstić information content (AvgIpc) is 2.01. The van der Waals surface area contributed by atoms with Crippen LogP contribution >= 0.6 is 0 Å². The first-order valence-corrected chi connectivity index (χ1v) is 3.32. The van der Waals surface area contributed by atoms with E-state index in [9.17, 15) is 18.0 Å². The van der Waals surface area contributed by atoms with E-state index in [0.717, 1.165) is 6.20 Å². The summed E-state index contributed by atoms with van der Waals surface area (Å²) in [6.45, 7) is 0. The monoisotopic (exact) mass is 207 g/mol. The largest absolute Gasteiger partial charge is 0.573 e. The van der Waals surface area contributed by atoms with Crippen LogP contribution in [0.3, 0.4) is 0 Å². The second kappa shape index (κ2) is 3.52. The summed E-state index contributed by atoms with van der Waals surface area (Å²) >= 11 is 0. The second-order valence-electron chi connectivity index (χ2n) is 2.24. The Balaban J connectivity index is 3.05. The lowest BCUT2D eigenvalue weighted by atomic mass is 10.3. The predicted molar refractivity (Wildman–Crippen MR) is 38.0 cm³/mol. The van der Waals surface area contributed by atoms with E-state index in [1.165, 1.54) is 0 Å². The van der Waals surface area contributed by atoms with E-state index in [1.54, 1.807) is 0 Å². The van der Waals surface area contributed by atoms with Crippen molar-refractivity contribution in [1.29, 1.82) is 0 Å². The molecule has 1 N–H and O–H groups in total. The lowest BCUT2D eigenvalue weighted by Crippen LogP contribution is -2.18. The van der Waals surface area contributed by atoms with Crippen molar-refractivity contribution in [3.05, 3.63) is 18.0 Å². The minimum atomic E-state index is -4.92. The Morgan fingerprint density at radius 3 is 2.64 bits per heavy atom. The summed E-state index contributed by atoms with van der Waals surface area (Å²) in [5, 5.41) is 8.80. The van der Waals surface area contributed by atoms with Crippen LogP contribution in [-0.2, 0) is 0 Å². The standard InChI is InChI=1S/C7H4F3NO3/c8-7(9,10)14-6-1-4(13)2-11-5(6)3-12/h1-3,13H. The molecule has 0 aromatic carbocycles. The zero-order valence-electron chi connectivity index (χ0n) is 6.58. The van der Waals surface area contributed by atoms with Gasteiger partial charge in [0.2, 0.25) is 0 Å². The maximum atomic E-state index is 11.7. The van der Waals surface area contributed by atoms with Gasteiger partial charge in [0.05, 0.1) is 6.20 Å². The smallest absolute Gasteiger partial charge is 0.506 e. The Morgan fingerprint density at radius 1 is 1.50 bits per heavy atom. The Bertz CT molecular complexity index is 351. The molecule has 0 saturated carbocycles. The number of carbonyl (C=O) groups excluding carboxylic acids is 1. The van der Waals surface area contributed by atoms with Crippen molar-refractivity contribution in [1.82, 2.24) is 4.98 Å². The van der Waals surface area contributed by atoms with Crippen LogP contribution in [0, 0.1) is 0 Å². The fraction of sp³-hybridized carbons (Fsp3) is 0.143. The zero-order chi connectivity index (χ0) is 10.8. The van der Waals surface area contributed by atoms with E-state index in [-0.39, 0.29) is 6.29 Å². The van der Waals surface area contributed by atoms with Crippen LogP contribution in [0.1, 0.15) is 10.5 Å². The van der Waals surface area contributed by atoms with Crippen LogP contribution < -0.4 is 4.74 Å². The van der Waals surface area contributed by atoms with E-state index < -0.39 is 23.6 Å². The van der Waals surface area contributed by atoms with Gasteiger partial charge in [-0.2, -0.15) is 0 Å². The molecule has 0 bridgehead atoms. The number of aromatic nitrogens is 1. The molecule has 1 aromatic rings.